The highest BCUT2D eigenvalue weighted by molar-refractivity contribution is 5.88. The van der Waals surface area contributed by atoms with Crippen molar-refractivity contribution in [3.8, 4) is 0 Å². The molecular weight excluding hydrogens is 238 g/mol. The second-order valence-electron chi connectivity index (χ2n) is 4.37. The summed E-state index contributed by atoms with van der Waals surface area (Å²) in [7, 11) is 0. The Kier molecular flexibility index (Phi) is 4.00. The molecule has 1 unspecified atom stereocenters. The second-order valence-corrected chi connectivity index (χ2v) is 4.37. The van der Waals surface area contributed by atoms with Crippen LogP contribution in [0.4, 0.5) is 0 Å². The molecule has 0 radical (unpaired) electrons. The summed E-state index contributed by atoms with van der Waals surface area (Å²) in [6.45, 7) is 3.95. The van der Waals surface area contributed by atoms with Crippen LogP contribution in [-0.2, 0) is 11.3 Å². The summed E-state index contributed by atoms with van der Waals surface area (Å²) in [6.07, 6.45) is 0. The fourth-order valence-corrected chi connectivity index (χ4v) is 2.10. The molecule has 1 aliphatic heterocycles. The number of hydrogen-bond acceptors (Lipinski definition) is 5. The van der Waals surface area contributed by atoms with Crippen LogP contribution in [0, 0.1) is 6.92 Å². The van der Waals surface area contributed by atoms with Gasteiger partial charge >= 0.3 is 5.97 Å². The third-order valence-corrected chi connectivity index (χ3v) is 3.12. The van der Waals surface area contributed by atoms with E-state index in [1.54, 1.807) is 13.0 Å². The van der Waals surface area contributed by atoms with Crippen molar-refractivity contribution in [1.29, 1.82) is 0 Å². The van der Waals surface area contributed by atoms with Gasteiger partial charge in [0.2, 0.25) is 0 Å². The van der Waals surface area contributed by atoms with Gasteiger partial charge in [0.05, 0.1) is 32.4 Å². The molecule has 0 bridgehead atoms. The van der Waals surface area contributed by atoms with E-state index in [1.807, 2.05) is 4.90 Å². The van der Waals surface area contributed by atoms with Gasteiger partial charge in [-0.25, -0.2) is 4.79 Å². The molecule has 0 amide bonds. The average molecular weight is 255 g/mol. The summed E-state index contributed by atoms with van der Waals surface area (Å²) < 4.78 is 10.7. The lowest BCUT2D eigenvalue weighted by Crippen LogP contribution is -2.46. The summed E-state index contributed by atoms with van der Waals surface area (Å²) in [5.41, 5.74) is 0.193. The van der Waals surface area contributed by atoms with Crippen LogP contribution in [0.3, 0.4) is 0 Å². The number of aromatic carboxylic acids is 1. The van der Waals surface area contributed by atoms with Crippen molar-refractivity contribution in [3.05, 3.63) is 23.2 Å². The van der Waals surface area contributed by atoms with Gasteiger partial charge in [-0.15, -0.1) is 0 Å². The molecule has 0 aromatic carbocycles. The third-order valence-electron chi connectivity index (χ3n) is 3.12. The SMILES string of the molecule is Cc1oc(CN2CCOCC2CO)cc1C(=O)O. The van der Waals surface area contributed by atoms with Crippen LogP contribution in [-0.4, -0.2) is 53.5 Å². The van der Waals surface area contributed by atoms with Crippen molar-refractivity contribution >= 4 is 5.97 Å². The van der Waals surface area contributed by atoms with E-state index in [2.05, 4.69) is 0 Å². The number of ether oxygens (including phenoxy) is 1. The summed E-state index contributed by atoms with van der Waals surface area (Å²) in [6, 6.07) is 1.49. The molecule has 18 heavy (non-hydrogen) atoms. The first-order valence-corrected chi connectivity index (χ1v) is 5.87. The van der Waals surface area contributed by atoms with Crippen molar-refractivity contribution in [2.24, 2.45) is 0 Å². The van der Waals surface area contributed by atoms with Crippen molar-refractivity contribution in [2.75, 3.05) is 26.4 Å². The van der Waals surface area contributed by atoms with Crippen LogP contribution in [0.5, 0.6) is 0 Å². The zero-order valence-corrected chi connectivity index (χ0v) is 10.3. The Morgan fingerprint density at radius 1 is 1.61 bits per heavy atom. The van der Waals surface area contributed by atoms with Crippen molar-refractivity contribution in [2.45, 2.75) is 19.5 Å². The highest BCUT2D eigenvalue weighted by Gasteiger charge is 2.24. The zero-order valence-electron chi connectivity index (χ0n) is 10.3. The topological polar surface area (TPSA) is 83.1 Å². The van der Waals surface area contributed by atoms with E-state index in [4.69, 9.17) is 14.3 Å². The maximum atomic E-state index is 10.9. The minimum Gasteiger partial charge on any atom is -0.478 e. The number of carbonyl (C=O) groups is 1. The number of aryl methyl sites for hydroxylation is 1. The highest BCUT2D eigenvalue weighted by Crippen LogP contribution is 2.18. The van der Waals surface area contributed by atoms with E-state index < -0.39 is 5.97 Å². The third kappa shape index (κ3) is 2.72. The number of morpholine rings is 1. The molecule has 1 atom stereocenters. The summed E-state index contributed by atoms with van der Waals surface area (Å²) in [5.74, 6) is 0.0275. The molecule has 0 aliphatic carbocycles. The van der Waals surface area contributed by atoms with E-state index in [0.29, 0.717) is 37.8 Å². The van der Waals surface area contributed by atoms with Crippen molar-refractivity contribution in [3.63, 3.8) is 0 Å². The Hall–Kier alpha value is -1.37. The van der Waals surface area contributed by atoms with Gasteiger partial charge in [0, 0.05) is 6.54 Å². The molecule has 6 nitrogen and oxygen atoms in total. The smallest absolute Gasteiger partial charge is 0.339 e. The molecule has 1 aromatic rings. The molecule has 1 saturated heterocycles. The number of aliphatic hydroxyl groups is 1. The van der Waals surface area contributed by atoms with Gasteiger partial charge in [0.1, 0.15) is 17.1 Å². The largest absolute Gasteiger partial charge is 0.478 e. The van der Waals surface area contributed by atoms with Crippen LogP contribution in [0.1, 0.15) is 21.9 Å². The molecule has 0 spiro atoms. The maximum absolute atomic E-state index is 10.9. The summed E-state index contributed by atoms with van der Waals surface area (Å²) in [4.78, 5) is 12.9. The van der Waals surface area contributed by atoms with E-state index in [-0.39, 0.29) is 18.2 Å². The maximum Gasteiger partial charge on any atom is 0.339 e. The minimum atomic E-state index is -0.983. The lowest BCUT2D eigenvalue weighted by Gasteiger charge is -2.33. The Balaban J connectivity index is 2.08. The van der Waals surface area contributed by atoms with Crippen LogP contribution in [0.2, 0.25) is 0 Å². The Labute approximate surface area is 105 Å². The van der Waals surface area contributed by atoms with Gasteiger partial charge in [-0.05, 0) is 13.0 Å². The van der Waals surface area contributed by atoms with Gasteiger partial charge in [-0.3, -0.25) is 4.90 Å². The van der Waals surface area contributed by atoms with Gasteiger partial charge in [-0.2, -0.15) is 0 Å². The monoisotopic (exact) mass is 255 g/mol. The first-order chi connectivity index (χ1) is 8.61. The van der Waals surface area contributed by atoms with Gasteiger partial charge < -0.3 is 19.4 Å². The van der Waals surface area contributed by atoms with Crippen LogP contribution in [0.25, 0.3) is 0 Å². The predicted molar refractivity (Wildman–Crippen MR) is 62.5 cm³/mol. The minimum absolute atomic E-state index is 0.0193. The Morgan fingerprint density at radius 2 is 2.39 bits per heavy atom. The highest BCUT2D eigenvalue weighted by atomic mass is 16.5. The Morgan fingerprint density at radius 3 is 3.00 bits per heavy atom. The van der Waals surface area contributed by atoms with Crippen molar-refractivity contribution in [1.82, 2.24) is 4.90 Å². The van der Waals surface area contributed by atoms with E-state index in [0.717, 1.165) is 0 Å². The number of furan rings is 1. The fraction of sp³-hybridized carbons (Fsp3) is 0.583. The molecule has 1 fully saturated rings. The Bertz CT molecular complexity index is 428. The molecule has 1 aliphatic rings. The number of carboxylic acid groups (broad SMARTS) is 1. The molecule has 100 valence electrons. The first kappa shape index (κ1) is 13.1. The van der Waals surface area contributed by atoms with E-state index >= 15 is 0 Å². The van der Waals surface area contributed by atoms with Crippen LogP contribution < -0.4 is 0 Å². The van der Waals surface area contributed by atoms with Crippen LogP contribution >= 0.6 is 0 Å². The second kappa shape index (κ2) is 5.51. The number of aliphatic hydroxyl groups excluding tert-OH is 1. The lowest BCUT2D eigenvalue weighted by atomic mass is 10.2. The molecule has 2 heterocycles. The zero-order chi connectivity index (χ0) is 13.1. The molecule has 2 rings (SSSR count). The van der Waals surface area contributed by atoms with E-state index in [9.17, 15) is 9.90 Å². The number of carboxylic acids is 1. The molecular formula is C12H17NO5. The number of nitrogens with zero attached hydrogens (tertiary/aromatic N) is 1. The van der Waals surface area contributed by atoms with Crippen molar-refractivity contribution < 1.29 is 24.2 Å². The predicted octanol–water partition coefficient (Wildman–Crippen LogP) is 0.479. The standard InChI is InChI=1S/C12H17NO5/c1-8-11(12(15)16)4-10(18-8)5-13-2-3-17-7-9(13)6-14/h4,9,14H,2-3,5-7H2,1H3,(H,15,16). The van der Waals surface area contributed by atoms with Gasteiger partial charge in [0.25, 0.3) is 0 Å². The van der Waals surface area contributed by atoms with Crippen LogP contribution in [0.15, 0.2) is 10.5 Å². The lowest BCUT2D eigenvalue weighted by molar-refractivity contribution is -0.0336. The number of rotatable bonds is 4. The molecule has 6 heteroatoms. The fourth-order valence-electron chi connectivity index (χ4n) is 2.10. The molecule has 2 N–H and O–H groups in total. The van der Waals surface area contributed by atoms with Gasteiger partial charge in [0.15, 0.2) is 0 Å². The van der Waals surface area contributed by atoms with Gasteiger partial charge in [-0.1, -0.05) is 0 Å². The number of hydrogen-bond donors (Lipinski definition) is 2. The summed E-state index contributed by atoms with van der Waals surface area (Å²) >= 11 is 0. The molecule has 1 aromatic heterocycles. The average Bonchev–Trinajstić information content (AvgIpc) is 2.71. The normalized spacial score (nSPS) is 21.1. The summed E-state index contributed by atoms with van der Waals surface area (Å²) in [5, 5.41) is 18.2. The first-order valence-electron chi connectivity index (χ1n) is 5.87. The van der Waals surface area contributed by atoms with E-state index in [1.165, 1.54) is 0 Å². The molecule has 0 saturated carbocycles. The quantitative estimate of drug-likeness (QED) is 0.814.